The predicted molar refractivity (Wildman–Crippen MR) is 105 cm³/mol. The Kier molecular flexibility index (Phi) is 6.00. The SMILES string of the molecule is O=S1(=O)CC2(CCN(CCOc3cnc([C@H]4CCC[C@H](C(F)(F)F)C4)nc3)CC2)C1. The van der Waals surface area contributed by atoms with E-state index in [1.807, 2.05) is 0 Å². The number of sulfone groups is 1. The zero-order valence-electron chi connectivity index (χ0n) is 16.9. The summed E-state index contributed by atoms with van der Waals surface area (Å²) < 4.78 is 67.6. The van der Waals surface area contributed by atoms with E-state index in [0.717, 1.165) is 32.5 Å². The van der Waals surface area contributed by atoms with E-state index in [0.29, 0.717) is 42.5 Å². The van der Waals surface area contributed by atoms with Gasteiger partial charge in [0.15, 0.2) is 15.6 Å². The fourth-order valence-corrected chi connectivity index (χ4v) is 7.41. The van der Waals surface area contributed by atoms with Crippen LogP contribution in [0.4, 0.5) is 13.2 Å². The molecule has 0 bridgehead atoms. The fraction of sp³-hybridized carbons (Fsp3) is 0.800. The molecule has 4 rings (SSSR count). The van der Waals surface area contributed by atoms with Crippen LogP contribution in [0.2, 0.25) is 0 Å². The highest BCUT2D eigenvalue weighted by Crippen LogP contribution is 2.43. The Morgan fingerprint density at radius 3 is 2.40 bits per heavy atom. The van der Waals surface area contributed by atoms with E-state index >= 15 is 0 Å². The Balaban J connectivity index is 1.20. The first-order valence-electron chi connectivity index (χ1n) is 10.6. The summed E-state index contributed by atoms with van der Waals surface area (Å²) in [6.45, 7) is 2.95. The lowest BCUT2D eigenvalue weighted by molar-refractivity contribution is -0.183. The van der Waals surface area contributed by atoms with Crippen molar-refractivity contribution in [3.05, 3.63) is 18.2 Å². The third kappa shape index (κ3) is 5.07. The number of likely N-dealkylation sites (tertiary alicyclic amines) is 1. The lowest BCUT2D eigenvalue weighted by Crippen LogP contribution is -2.54. The summed E-state index contributed by atoms with van der Waals surface area (Å²) in [6.07, 6.45) is 2.23. The highest BCUT2D eigenvalue weighted by atomic mass is 32.2. The van der Waals surface area contributed by atoms with E-state index in [-0.39, 0.29) is 24.2 Å². The Bertz CT molecular complexity index is 823. The first-order valence-corrected chi connectivity index (χ1v) is 12.4. The second-order valence-electron chi connectivity index (χ2n) is 9.10. The van der Waals surface area contributed by atoms with Crippen LogP contribution in [0.1, 0.15) is 50.3 Å². The summed E-state index contributed by atoms with van der Waals surface area (Å²) in [6, 6.07) is 0. The topological polar surface area (TPSA) is 72.4 Å². The molecule has 3 fully saturated rings. The Morgan fingerprint density at radius 2 is 1.80 bits per heavy atom. The van der Waals surface area contributed by atoms with Gasteiger partial charge in [-0.15, -0.1) is 0 Å². The number of aromatic nitrogens is 2. The van der Waals surface area contributed by atoms with E-state index in [2.05, 4.69) is 14.9 Å². The molecule has 0 radical (unpaired) electrons. The maximum atomic E-state index is 13.0. The summed E-state index contributed by atoms with van der Waals surface area (Å²) >= 11 is 0. The van der Waals surface area contributed by atoms with Gasteiger partial charge in [-0.2, -0.15) is 13.2 Å². The quantitative estimate of drug-likeness (QED) is 0.690. The van der Waals surface area contributed by atoms with E-state index in [1.165, 1.54) is 0 Å². The lowest BCUT2D eigenvalue weighted by atomic mass is 9.80. The van der Waals surface area contributed by atoms with Crippen molar-refractivity contribution in [2.24, 2.45) is 11.3 Å². The molecule has 3 aliphatic rings. The molecule has 2 atom stereocenters. The standard InChI is InChI=1S/C20H28F3N3O3S/c21-20(22,23)16-3-1-2-15(10-16)18-24-11-17(12-25-18)29-9-8-26-6-4-19(5-7-26)13-30(27,28)14-19/h11-12,15-16H,1-10,13-14H2/t15-,16-/m0/s1. The fourth-order valence-electron chi connectivity index (χ4n) is 5.06. The molecule has 2 aliphatic heterocycles. The second kappa shape index (κ2) is 8.26. The molecule has 0 aromatic carbocycles. The smallest absolute Gasteiger partial charge is 0.391 e. The van der Waals surface area contributed by atoms with Crippen LogP contribution in [0, 0.1) is 11.3 Å². The van der Waals surface area contributed by atoms with Gasteiger partial charge in [0.05, 0.1) is 29.8 Å². The molecule has 1 saturated carbocycles. The highest BCUT2D eigenvalue weighted by molar-refractivity contribution is 7.92. The van der Waals surface area contributed by atoms with E-state index < -0.39 is 21.9 Å². The molecular formula is C20H28F3N3O3S. The van der Waals surface area contributed by atoms with Crippen LogP contribution in [-0.2, 0) is 9.84 Å². The maximum Gasteiger partial charge on any atom is 0.391 e. The number of rotatable bonds is 5. The van der Waals surface area contributed by atoms with Gasteiger partial charge < -0.3 is 4.74 Å². The zero-order valence-corrected chi connectivity index (χ0v) is 17.7. The lowest BCUT2D eigenvalue weighted by Gasteiger charge is -2.47. The molecule has 1 spiro atoms. The average molecular weight is 448 g/mol. The van der Waals surface area contributed by atoms with Gasteiger partial charge in [0, 0.05) is 17.9 Å². The largest absolute Gasteiger partial charge is 0.489 e. The number of hydrogen-bond acceptors (Lipinski definition) is 6. The van der Waals surface area contributed by atoms with E-state index in [4.69, 9.17) is 4.74 Å². The molecule has 0 amide bonds. The summed E-state index contributed by atoms with van der Waals surface area (Å²) in [5, 5.41) is 0. The molecule has 0 unspecified atom stereocenters. The third-order valence-corrected chi connectivity index (χ3v) is 8.90. The maximum absolute atomic E-state index is 13.0. The van der Waals surface area contributed by atoms with Gasteiger partial charge in [-0.25, -0.2) is 18.4 Å². The van der Waals surface area contributed by atoms with Crippen molar-refractivity contribution in [2.75, 3.05) is 37.7 Å². The normalized spacial score (nSPS) is 28.8. The van der Waals surface area contributed by atoms with Crippen LogP contribution in [0.3, 0.4) is 0 Å². The third-order valence-electron chi connectivity index (χ3n) is 6.80. The molecule has 168 valence electrons. The monoisotopic (exact) mass is 447 g/mol. The molecule has 10 heteroatoms. The predicted octanol–water partition coefficient (Wildman–Crippen LogP) is 3.20. The molecule has 1 aliphatic carbocycles. The minimum absolute atomic E-state index is 0.00407. The van der Waals surface area contributed by atoms with Gasteiger partial charge in [-0.3, -0.25) is 4.90 Å². The molecule has 30 heavy (non-hydrogen) atoms. The average Bonchev–Trinajstić information content (AvgIpc) is 2.68. The number of nitrogens with zero attached hydrogens (tertiary/aromatic N) is 3. The summed E-state index contributed by atoms with van der Waals surface area (Å²) in [7, 11) is -2.80. The minimum atomic E-state index is -4.15. The molecule has 6 nitrogen and oxygen atoms in total. The van der Waals surface area contributed by atoms with Gasteiger partial charge in [0.1, 0.15) is 12.4 Å². The molecule has 1 aromatic rings. The number of piperidine rings is 1. The number of ether oxygens (including phenoxy) is 1. The van der Waals surface area contributed by atoms with Gasteiger partial charge in [-0.05, 0) is 45.2 Å². The van der Waals surface area contributed by atoms with E-state index in [1.54, 1.807) is 12.4 Å². The van der Waals surface area contributed by atoms with Crippen LogP contribution in [-0.4, -0.2) is 67.2 Å². The summed E-state index contributed by atoms with van der Waals surface area (Å²) in [5.74, 6) is 0.126. The number of alkyl halides is 3. The molecule has 0 N–H and O–H groups in total. The molecular weight excluding hydrogens is 419 g/mol. The van der Waals surface area contributed by atoms with Gasteiger partial charge >= 0.3 is 6.18 Å². The van der Waals surface area contributed by atoms with Gasteiger partial charge in [-0.1, -0.05) is 6.42 Å². The first-order chi connectivity index (χ1) is 14.1. The first kappa shape index (κ1) is 21.8. The van der Waals surface area contributed by atoms with Crippen molar-refractivity contribution in [3.63, 3.8) is 0 Å². The van der Waals surface area contributed by atoms with Gasteiger partial charge in [0.2, 0.25) is 0 Å². The van der Waals surface area contributed by atoms with Crippen LogP contribution < -0.4 is 4.74 Å². The highest BCUT2D eigenvalue weighted by Gasteiger charge is 2.49. The van der Waals surface area contributed by atoms with Crippen molar-refractivity contribution < 1.29 is 26.3 Å². The van der Waals surface area contributed by atoms with Crippen molar-refractivity contribution >= 4 is 9.84 Å². The molecule has 3 heterocycles. The van der Waals surface area contributed by atoms with Crippen LogP contribution in [0.25, 0.3) is 0 Å². The minimum Gasteiger partial charge on any atom is -0.489 e. The van der Waals surface area contributed by atoms with Crippen molar-refractivity contribution in [1.82, 2.24) is 14.9 Å². The number of halogens is 3. The van der Waals surface area contributed by atoms with E-state index in [9.17, 15) is 21.6 Å². The Morgan fingerprint density at radius 1 is 1.13 bits per heavy atom. The van der Waals surface area contributed by atoms with Crippen LogP contribution >= 0.6 is 0 Å². The van der Waals surface area contributed by atoms with Crippen molar-refractivity contribution in [1.29, 1.82) is 0 Å². The van der Waals surface area contributed by atoms with Crippen LogP contribution in [0.15, 0.2) is 12.4 Å². The van der Waals surface area contributed by atoms with Crippen molar-refractivity contribution in [3.8, 4) is 5.75 Å². The molecule has 1 aromatic heterocycles. The Hall–Kier alpha value is -1.42. The zero-order chi connectivity index (χ0) is 21.4. The number of hydrogen-bond donors (Lipinski definition) is 0. The Labute approximate surface area is 175 Å². The van der Waals surface area contributed by atoms with Crippen molar-refractivity contribution in [2.45, 2.75) is 50.6 Å². The molecule has 2 saturated heterocycles. The second-order valence-corrected chi connectivity index (χ2v) is 11.2. The van der Waals surface area contributed by atoms with Crippen LogP contribution in [0.5, 0.6) is 5.75 Å². The summed E-state index contributed by atoms with van der Waals surface area (Å²) in [5.41, 5.74) is 0.00407. The van der Waals surface area contributed by atoms with Gasteiger partial charge in [0.25, 0.3) is 0 Å². The summed E-state index contributed by atoms with van der Waals surface area (Å²) in [4.78, 5) is 10.8.